The highest BCUT2D eigenvalue weighted by atomic mass is 16.5. The SMILES string of the molecule is C[C@@H](CC(=O)NC[C@H]1CCCO1)c1ccccc1. The topological polar surface area (TPSA) is 38.3 Å². The van der Waals surface area contributed by atoms with Crippen molar-refractivity contribution in [2.24, 2.45) is 0 Å². The van der Waals surface area contributed by atoms with Crippen LogP contribution in [-0.4, -0.2) is 25.2 Å². The van der Waals surface area contributed by atoms with Crippen LogP contribution < -0.4 is 5.32 Å². The predicted octanol–water partition coefficient (Wildman–Crippen LogP) is 2.48. The zero-order valence-electron chi connectivity index (χ0n) is 10.9. The Morgan fingerprint density at radius 3 is 2.89 bits per heavy atom. The number of ether oxygens (including phenoxy) is 1. The third-order valence-electron chi connectivity index (χ3n) is 3.41. The van der Waals surface area contributed by atoms with Crippen LogP contribution in [0.1, 0.15) is 37.7 Å². The first-order valence-electron chi connectivity index (χ1n) is 6.69. The molecule has 0 aliphatic carbocycles. The maximum absolute atomic E-state index is 11.8. The molecule has 3 nitrogen and oxygen atoms in total. The lowest BCUT2D eigenvalue weighted by atomic mass is 9.97. The summed E-state index contributed by atoms with van der Waals surface area (Å²) in [5.74, 6) is 0.373. The van der Waals surface area contributed by atoms with Gasteiger partial charge in [0.05, 0.1) is 6.10 Å². The van der Waals surface area contributed by atoms with Crippen molar-refractivity contribution in [1.82, 2.24) is 5.32 Å². The molecule has 0 unspecified atom stereocenters. The number of nitrogens with one attached hydrogen (secondary N) is 1. The Hall–Kier alpha value is -1.35. The summed E-state index contributed by atoms with van der Waals surface area (Å²) in [6, 6.07) is 10.1. The van der Waals surface area contributed by atoms with E-state index in [4.69, 9.17) is 4.74 Å². The minimum atomic E-state index is 0.113. The Labute approximate surface area is 109 Å². The number of hydrogen-bond acceptors (Lipinski definition) is 2. The van der Waals surface area contributed by atoms with Crippen LogP contribution >= 0.6 is 0 Å². The standard InChI is InChI=1S/C15H21NO2/c1-12(13-6-3-2-4-7-13)10-15(17)16-11-14-8-5-9-18-14/h2-4,6-7,12,14H,5,8-11H2,1H3,(H,16,17)/t12-,14+/m0/s1. The van der Waals surface area contributed by atoms with Crippen molar-refractivity contribution >= 4 is 5.91 Å². The third kappa shape index (κ3) is 3.84. The first-order chi connectivity index (χ1) is 8.75. The molecule has 0 bridgehead atoms. The summed E-state index contributed by atoms with van der Waals surface area (Å²) in [5, 5.41) is 2.96. The van der Waals surface area contributed by atoms with Gasteiger partial charge in [-0.1, -0.05) is 37.3 Å². The Kier molecular flexibility index (Phi) is 4.76. The van der Waals surface area contributed by atoms with Gasteiger partial charge in [-0.05, 0) is 24.3 Å². The largest absolute Gasteiger partial charge is 0.376 e. The summed E-state index contributed by atoms with van der Waals surface area (Å²) in [6.45, 7) is 3.57. The highest BCUT2D eigenvalue weighted by molar-refractivity contribution is 5.76. The van der Waals surface area contributed by atoms with E-state index in [0.29, 0.717) is 13.0 Å². The maximum Gasteiger partial charge on any atom is 0.220 e. The molecule has 18 heavy (non-hydrogen) atoms. The summed E-state index contributed by atoms with van der Waals surface area (Å²) in [6.07, 6.45) is 2.94. The Morgan fingerprint density at radius 2 is 2.22 bits per heavy atom. The van der Waals surface area contributed by atoms with Crippen molar-refractivity contribution in [3.63, 3.8) is 0 Å². The number of carbonyl (C=O) groups is 1. The summed E-state index contributed by atoms with van der Waals surface area (Å²) in [5.41, 5.74) is 1.21. The monoisotopic (exact) mass is 247 g/mol. The van der Waals surface area contributed by atoms with Crippen molar-refractivity contribution in [2.75, 3.05) is 13.2 Å². The van der Waals surface area contributed by atoms with Crippen LogP contribution in [0.5, 0.6) is 0 Å². The van der Waals surface area contributed by atoms with Gasteiger partial charge < -0.3 is 10.1 Å². The smallest absolute Gasteiger partial charge is 0.220 e. The Bertz CT molecular complexity index is 371. The average Bonchev–Trinajstić information content (AvgIpc) is 2.90. The fraction of sp³-hybridized carbons (Fsp3) is 0.533. The van der Waals surface area contributed by atoms with Crippen LogP contribution in [-0.2, 0) is 9.53 Å². The van der Waals surface area contributed by atoms with E-state index in [1.807, 2.05) is 18.2 Å². The molecule has 0 saturated carbocycles. The number of carbonyl (C=O) groups excluding carboxylic acids is 1. The van der Waals surface area contributed by atoms with Gasteiger partial charge in [-0.2, -0.15) is 0 Å². The highest BCUT2D eigenvalue weighted by Crippen LogP contribution is 2.18. The zero-order chi connectivity index (χ0) is 12.8. The van der Waals surface area contributed by atoms with Crippen LogP contribution in [0.2, 0.25) is 0 Å². The van der Waals surface area contributed by atoms with Gasteiger partial charge in [-0.3, -0.25) is 4.79 Å². The minimum Gasteiger partial charge on any atom is -0.376 e. The second kappa shape index (κ2) is 6.55. The molecule has 98 valence electrons. The number of amides is 1. The van der Waals surface area contributed by atoms with E-state index >= 15 is 0 Å². The van der Waals surface area contributed by atoms with Gasteiger partial charge in [-0.15, -0.1) is 0 Å². The molecule has 2 rings (SSSR count). The van der Waals surface area contributed by atoms with Crippen molar-refractivity contribution in [2.45, 2.75) is 38.2 Å². The van der Waals surface area contributed by atoms with Crippen LogP contribution in [0, 0.1) is 0 Å². The van der Waals surface area contributed by atoms with E-state index in [1.54, 1.807) is 0 Å². The van der Waals surface area contributed by atoms with Gasteiger partial charge in [0.2, 0.25) is 5.91 Å². The summed E-state index contributed by atoms with van der Waals surface area (Å²) in [4.78, 5) is 11.8. The first kappa shape index (κ1) is 13.1. The summed E-state index contributed by atoms with van der Waals surface area (Å²) >= 11 is 0. The van der Waals surface area contributed by atoms with Gasteiger partial charge >= 0.3 is 0 Å². The lowest BCUT2D eigenvalue weighted by Crippen LogP contribution is -2.32. The van der Waals surface area contributed by atoms with E-state index < -0.39 is 0 Å². The molecule has 0 spiro atoms. The molecule has 1 fully saturated rings. The van der Waals surface area contributed by atoms with Gasteiger partial charge in [0, 0.05) is 19.6 Å². The fourth-order valence-corrected chi connectivity index (χ4v) is 2.28. The molecule has 1 aromatic carbocycles. The van der Waals surface area contributed by atoms with E-state index in [0.717, 1.165) is 19.4 Å². The first-order valence-corrected chi connectivity index (χ1v) is 6.69. The molecule has 1 N–H and O–H groups in total. The van der Waals surface area contributed by atoms with Gasteiger partial charge in [0.25, 0.3) is 0 Å². The summed E-state index contributed by atoms with van der Waals surface area (Å²) in [7, 11) is 0. The average molecular weight is 247 g/mol. The molecule has 2 atom stereocenters. The molecule has 1 aromatic rings. The Morgan fingerprint density at radius 1 is 1.44 bits per heavy atom. The predicted molar refractivity (Wildman–Crippen MR) is 71.5 cm³/mol. The van der Waals surface area contributed by atoms with E-state index in [2.05, 4.69) is 24.4 Å². The maximum atomic E-state index is 11.8. The lowest BCUT2D eigenvalue weighted by molar-refractivity contribution is -0.121. The van der Waals surface area contributed by atoms with Gasteiger partial charge in [-0.25, -0.2) is 0 Å². The number of benzene rings is 1. The van der Waals surface area contributed by atoms with Crippen LogP contribution in [0.25, 0.3) is 0 Å². The van der Waals surface area contributed by atoms with Gasteiger partial charge in [0.15, 0.2) is 0 Å². The second-order valence-electron chi connectivity index (χ2n) is 4.95. The van der Waals surface area contributed by atoms with Crippen LogP contribution in [0.3, 0.4) is 0 Å². The summed E-state index contributed by atoms with van der Waals surface area (Å²) < 4.78 is 5.48. The zero-order valence-corrected chi connectivity index (χ0v) is 10.9. The molecular weight excluding hydrogens is 226 g/mol. The third-order valence-corrected chi connectivity index (χ3v) is 3.41. The normalized spacial score (nSPS) is 20.6. The quantitative estimate of drug-likeness (QED) is 0.868. The molecule has 3 heteroatoms. The number of hydrogen-bond donors (Lipinski definition) is 1. The molecular formula is C15H21NO2. The second-order valence-corrected chi connectivity index (χ2v) is 4.95. The molecule has 1 heterocycles. The molecule has 1 saturated heterocycles. The highest BCUT2D eigenvalue weighted by Gasteiger charge is 2.17. The lowest BCUT2D eigenvalue weighted by Gasteiger charge is -2.14. The molecule has 1 aliphatic rings. The van der Waals surface area contributed by atoms with E-state index in [1.165, 1.54) is 5.56 Å². The number of rotatable bonds is 5. The van der Waals surface area contributed by atoms with Crippen molar-refractivity contribution in [1.29, 1.82) is 0 Å². The fourth-order valence-electron chi connectivity index (χ4n) is 2.28. The minimum absolute atomic E-state index is 0.113. The molecule has 1 amide bonds. The van der Waals surface area contributed by atoms with Crippen LogP contribution in [0.4, 0.5) is 0 Å². The van der Waals surface area contributed by atoms with Crippen molar-refractivity contribution < 1.29 is 9.53 Å². The Balaban J connectivity index is 1.73. The van der Waals surface area contributed by atoms with E-state index in [-0.39, 0.29) is 17.9 Å². The molecule has 0 aromatic heterocycles. The van der Waals surface area contributed by atoms with Crippen molar-refractivity contribution in [3.8, 4) is 0 Å². The van der Waals surface area contributed by atoms with Gasteiger partial charge in [0.1, 0.15) is 0 Å². The van der Waals surface area contributed by atoms with Crippen LogP contribution in [0.15, 0.2) is 30.3 Å². The van der Waals surface area contributed by atoms with Crippen molar-refractivity contribution in [3.05, 3.63) is 35.9 Å². The molecule has 0 radical (unpaired) electrons. The van der Waals surface area contributed by atoms with E-state index in [9.17, 15) is 4.79 Å². The molecule has 1 aliphatic heterocycles.